The van der Waals surface area contributed by atoms with Crippen LogP contribution in [0.1, 0.15) is 38.9 Å². The second-order valence-corrected chi connectivity index (χ2v) is 8.54. The van der Waals surface area contributed by atoms with E-state index in [1.807, 2.05) is 54.6 Å². The third-order valence-corrected chi connectivity index (χ3v) is 6.05. The lowest BCUT2D eigenvalue weighted by molar-refractivity contribution is 0.0527. The van der Waals surface area contributed by atoms with E-state index in [-0.39, 0.29) is 6.61 Å². The number of aromatic nitrogens is 1. The number of benzene rings is 4. The lowest BCUT2D eigenvalue weighted by atomic mass is 10.0. The molecule has 1 aromatic heterocycles. The second kappa shape index (κ2) is 9.65. The molecule has 0 fully saturated rings. The van der Waals surface area contributed by atoms with Crippen LogP contribution in [0, 0.1) is 0 Å². The first-order valence-electron chi connectivity index (χ1n) is 11.3. The molecule has 1 heterocycles. The lowest BCUT2D eigenvalue weighted by Crippen LogP contribution is -2.09. The van der Waals surface area contributed by atoms with Gasteiger partial charge in [0.1, 0.15) is 5.75 Å². The molecule has 0 aliphatic carbocycles. The first kappa shape index (κ1) is 22.7. The van der Waals surface area contributed by atoms with Crippen molar-refractivity contribution in [3.05, 3.63) is 112 Å². The zero-order valence-corrected chi connectivity index (χ0v) is 19.8. The zero-order chi connectivity index (χ0) is 24.4. The minimum absolute atomic E-state index is 0.242. The summed E-state index contributed by atoms with van der Waals surface area (Å²) in [5.41, 5.74) is 3.30. The molecule has 0 aliphatic rings. The maximum atomic E-state index is 13.1. The van der Waals surface area contributed by atoms with Gasteiger partial charge in [-0.25, -0.2) is 9.59 Å². The van der Waals surface area contributed by atoms with Crippen molar-refractivity contribution in [3.63, 3.8) is 0 Å². The van der Waals surface area contributed by atoms with E-state index in [4.69, 9.17) is 21.1 Å². The van der Waals surface area contributed by atoms with Gasteiger partial charge < -0.3 is 14.5 Å². The summed E-state index contributed by atoms with van der Waals surface area (Å²) in [6.45, 7) is 2.01. The van der Waals surface area contributed by atoms with Crippen molar-refractivity contribution in [3.8, 4) is 5.75 Å². The monoisotopic (exact) mass is 483 g/mol. The molecule has 0 saturated heterocycles. The fourth-order valence-electron chi connectivity index (χ4n) is 4.29. The summed E-state index contributed by atoms with van der Waals surface area (Å²) in [5.74, 6) is -0.533. The van der Waals surface area contributed by atoms with Gasteiger partial charge in [0, 0.05) is 33.3 Å². The first-order valence-corrected chi connectivity index (χ1v) is 11.7. The fourth-order valence-corrected chi connectivity index (χ4v) is 4.50. The number of ether oxygens (including phenoxy) is 2. The molecule has 0 atom stereocenters. The number of esters is 2. The maximum absolute atomic E-state index is 13.1. The van der Waals surface area contributed by atoms with Crippen molar-refractivity contribution in [1.82, 2.24) is 4.98 Å². The van der Waals surface area contributed by atoms with E-state index in [0.29, 0.717) is 39.4 Å². The molecule has 174 valence electrons. The Hall–Kier alpha value is -4.09. The highest BCUT2D eigenvalue weighted by Crippen LogP contribution is 2.37. The van der Waals surface area contributed by atoms with Crippen LogP contribution in [0.15, 0.2) is 84.9 Å². The summed E-state index contributed by atoms with van der Waals surface area (Å²) in [5, 5.41) is 2.85. The highest BCUT2D eigenvalue weighted by molar-refractivity contribution is 6.30. The van der Waals surface area contributed by atoms with Crippen molar-refractivity contribution < 1.29 is 19.1 Å². The van der Waals surface area contributed by atoms with Gasteiger partial charge in [0.15, 0.2) is 0 Å². The number of halogens is 1. The predicted octanol–water partition coefficient (Wildman–Crippen LogP) is 6.96. The molecule has 6 heteroatoms. The Labute approximate surface area is 207 Å². The second-order valence-electron chi connectivity index (χ2n) is 8.10. The summed E-state index contributed by atoms with van der Waals surface area (Å²) in [6.07, 6.45) is 0.455. The number of H-pyrrole nitrogens is 1. The highest BCUT2D eigenvalue weighted by Gasteiger charge is 2.23. The van der Waals surface area contributed by atoms with Crippen molar-refractivity contribution in [1.29, 1.82) is 0 Å². The Bertz CT molecular complexity index is 1560. The fraction of sp³-hybridized carbons (Fsp3) is 0.103. The Kier molecular flexibility index (Phi) is 6.25. The molecule has 0 unspecified atom stereocenters. The van der Waals surface area contributed by atoms with Crippen LogP contribution in [0.5, 0.6) is 5.75 Å². The van der Waals surface area contributed by atoms with Gasteiger partial charge in [-0.2, -0.15) is 0 Å². The van der Waals surface area contributed by atoms with Crippen LogP contribution in [0.25, 0.3) is 21.7 Å². The van der Waals surface area contributed by atoms with Crippen molar-refractivity contribution >= 4 is 45.2 Å². The van der Waals surface area contributed by atoms with E-state index in [0.717, 1.165) is 21.9 Å². The van der Waals surface area contributed by atoms with E-state index in [2.05, 4.69) is 4.98 Å². The Balaban J connectivity index is 1.69. The first-order chi connectivity index (χ1) is 17.0. The number of rotatable bonds is 6. The minimum Gasteiger partial charge on any atom is -0.462 e. The Morgan fingerprint density at radius 2 is 1.57 bits per heavy atom. The molecule has 0 aliphatic heterocycles. The smallest absolute Gasteiger partial charge is 0.343 e. The van der Waals surface area contributed by atoms with Gasteiger partial charge in [-0.15, -0.1) is 0 Å². The Morgan fingerprint density at radius 1 is 0.829 bits per heavy atom. The third kappa shape index (κ3) is 4.51. The van der Waals surface area contributed by atoms with Crippen LogP contribution in [-0.4, -0.2) is 23.5 Å². The van der Waals surface area contributed by atoms with Crippen molar-refractivity contribution in [2.75, 3.05) is 6.61 Å². The molecule has 0 saturated carbocycles. The number of carbonyl (C=O) groups excluding carboxylic acids is 2. The highest BCUT2D eigenvalue weighted by atomic mass is 35.5. The molecule has 5 rings (SSSR count). The topological polar surface area (TPSA) is 68.4 Å². The summed E-state index contributed by atoms with van der Waals surface area (Å²) in [7, 11) is 0. The zero-order valence-electron chi connectivity index (χ0n) is 19.0. The number of carbonyl (C=O) groups is 2. The summed E-state index contributed by atoms with van der Waals surface area (Å²) < 4.78 is 11.2. The summed E-state index contributed by atoms with van der Waals surface area (Å²) >= 11 is 6.19. The van der Waals surface area contributed by atoms with Crippen LogP contribution in [0.2, 0.25) is 5.02 Å². The van der Waals surface area contributed by atoms with E-state index < -0.39 is 11.9 Å². The maximum Gasteiger partial charge on any atom is 0.343 e. The van der Waals surface area contributed by atoms with E-state index in [1.54, 1.807) is 37.3 Å². The van der Waals surface area contributed by atoms with Crippen molar-refractivity contribution in [2.45, 2.75) is 13.3 Å². The van der Waals surface area contributed by atoms with Crippen LogP contribution < -0.4 is 4.74 Å². The summed E-state index contributed by atoms with van der Waals surface area (Å²) in [6, 6.07) is 25.7. The molecule has 4 aromatic carbocycles. The quantitative estimate of drug-likeness (QED) is 0.209. The average molecular weight is 484 g/mol. The Morgan fingerprint density at radius 3 is 2.31 bits per heavy atom. The number of aromatic amines is 1. The van der Waals surface area contributed by atoms with Gasteiger partial charge in [-0.1, -0.05) is 66.2 Å². The number of nitrogens with one attached hydrogen (secondary N) is 1. The molecule has 0 radical (unpaired) electrons. The molecule has 0 amide bonds. The molecule has 5 aromatic rings. The number of hydrogen-bond donors (Lipinski definition) is 1. The minimum atomic E-state index is -0.470. The van der Waals surface area contributed by atoms with Gasteiger partial charge in [-0.3, -0.25) is 0 Å². The molecule has 5 nitrogen and oxygen atoms in total. The van der Waals surface area contributed by atoms with Gasteiger partial charge in [0.05, 0.1) is 23.3 Å². The van der Waals surface area contributed by atoms with Crippen LogP contribution in [0.3, 0.4) is 0 Å². The van der Waals surface area contributed by atoms with Gasteiger partial charge in [0.25, 0.3) is 0 Å². The van der Waals surface area contributed by atoms with Gasteiger partial charge >= 0.3 is 11.9 Å². The molecular weight excluding hydrogens is 462 g/mol. The number of fused-ring (bicyclic) bond motifs is 3. The van der Waals surface area contributed by atoms with Gasteiger partial charge in [-0.05, 0) is 42.8 Å². The SMILES string of the molecule is CCOC(=O)c1c(Cc2cccc(Cl)c2)[nH]c2c1cc(OC(=O)c1ccccc1)c1ccccc12. The summed E-state index contributed by atoms with van der Waals surface area (Å²) in [4.78, 5) is 29.4. The molecule has 35 heavy (non-hydrogen) atoms. The van der Waals surface area contributed by atoms with E-state index in [1.165, 1.54) is 0 Å². The molecule has 0 bridgehead atoms. The molecular formula is C29H22ClNO4. The number of hydrogen-bond acceptors (Lipinski definition) is 4. The van der Waals surface area contributed by atoms with Crippen LogP contribution >= 0.6 is 11.6 Å². The van der Waals surface area contributed by atoms with E-state index in [9.17, 15) is 9.59 Å². The largest absolute Gasteiger partial charge is 0.462 e. The lowest BCUT2D eigenvalue weighted by Gasteiger charge is -2.10. The normalized spacial score (nSPS) is 11.0. The molecule has 1 N–H and O–H groups in total. The third-order valence-electron chi connectivity index (χ3n) is 5.82. The van der Waals surface area contributed by atoms with Gasteiger partial charge in [0.2, 0.25) is 0 Å². The van der Waals surface area contributed by atoms with Crippen LogP contribution in [-0.2, 0) is 11.2 Å². The standard InChI is InChI=1S/C29H22ClNO4/c1-2-34-29(33)26-23-17-25(35-28(32)19-10-4-3-5-11-19)21-13-6-7-14-22(21)27(23)31-24(26)16-18-9-8-12-20(30)15-18/h3-15,17,31H,2,16H2,1H3. The van der Waals surface area contributed by atoms with Crippen LogP contribution in [0.4, 0.5) is 0 Å². The predicted molar refractivity (Wildman–Crippen MR) is 137 cm³/mol. The van der Waals surface area contributed by atoms with E-state index >= 15 is 0 Å². The average Bonchev–Trinajstić information content (AvgIpc) is 3.22. The molecule has 0 spiro atoms. The van der Waals surface area contributed by atoms with Crippen molar-refractivity contribution in [2.24, 2.45) is 0 Å².